The van der Waals surface area contributed by atoms with Gasteiger partial charge in [0.15, 0.2) is 0 Å². The molecule has 0 bridgehead atoms. The molecule has 1 atom stereocenters. The summed E-state index contributed by atoms with van der Waals surface area (Å²) in [4.78, 5) is 5.45. The minimum atomic E-state index is -0.491. The molecule has 1 aromatic heterocycles. The average molecular weight is 356 g/mol. The van der Waals surface area contributed by atoms with Crippen molar-refractivity contribution in [1.29, 1.82) is 0 Å². The zero-order valence-electron chi connectivity index (χ0n) is 11.3. The Morgan fingerprint density at radius 2 is 2.20 bits per heavy atom. The van der Waals surface area contributed by atoms with Crippen molar-refractivity contribution in [2.75, 3.05) is 0 Å². The highest BCUT2D eigenvalue weighted by molar-refractivity contribution is 9.10. The van der Waals surface area contributed by atoms with Crippen LogP contribution in [0.3, 0.4) is 0 Å². The van der Waals surface area contributed by atoms with E-state index in [0.29, 0.717) is 10.6 Å². The third kappa shape index (κ3) is 2.54. The molecule has 0 saturated heterocycles. The summed E-state index contributed by atoms with van der Waals surface area (Å²) in [5, 5.41) is 10.9. The van der Waals surface area contributed by atoms with E-state index in [-0.39, 0.29) is 11.2 Å². The number of rotatable bonds is 1. The van der Waals surface area contributed by atoms with E-state index in [4.69, 9.17) is 0 Å². The Hall–Kier alpha value is -0.780. The summed E-state index contributed by atoms with van der Waals surface area (Å²) in [6, 6.07) is 4.83. The normalized spacial score (nSPS) is 20.8. The second-order valence-electron chi connectivity index (χ2n) is 6.02. The predicted octanol–water partition coefficient (Wildman–Crippen LogP) is 4.72. The minimum Gasteiger partial charge on any atom is -0.387 e. The molecule has 3 rings (SSSR count). The van der Waals surface area contributed by atoms with E-state index in [1.54, 1.807) is 12.1 Å². The number of hydrogen-bond donors (Lipinski definition) is 1. The molecule has 1 aromatic carbocycles. The van der Waals surface area contributed by atoms with E-state index in [2.05, 4.69) is 34.8 Å². The molecule has 5 heteroatoms. The van der Waals surface area contributed by atoms with Gasteiger partial charge in [0.1, 0.15) is 10.8 Å². The van der Waals surface area contributed by atoms with Crippen molar-refractivity contribution in [1.82, 2.24) is 4.98 Å². The van der Waals surface area contributed by atoms with Gasteiger partial charge in [-0.1, -0.05) is 29.8 Å². The number of nitrogens with zero attached hydrogens (tertiary/aromatic N) is 1. The zero-order valence-corrected chi connectivity index (χ0v) is 13.7. The van der Waals surface area contributed by atoms with Crippen LogP contribution < -0.4 is 0 Å². The van der Waals surface area contributed by atoms with Crippen LogP contribution >= 0.6 is 27.3 Å². The fourth-order valence-corrected chi connectivity index (χ4v) is 4.12. The van der Waals surface area contributed by atoms with Crippen molar-refractivity contribution < 1.29 is 9.50 Å². The Morgan fingerprint density at radius 3 is 2.95 bits per heavy atom. The summed E-state index contributed by atoms with van der Waals surface area (Å²) in [7, 11) is 0. The van der Waals surface area contributed by atoms with Crippen LogP contribution in [0, 0.1) is 11.2 Å². The van der Waals surface area contributed by atoms with Gasteiger partial charge in [-0.15, -0.1) is 11.3 Å². The van der Waals surface area contributed by atoms with E-state index in [9.17, 15) is 9.50 Å². The molecule has 0 fully saturated rings. The zero-order chi connectivity index (χ0) is 14.5. The smallest absolute Gasteiger partial charge is 0.133 e. The monoisotopic (exact) mass is 355 g/mol. The molecule has 20 heavy (non-hydrogen) atoms. The summed E-state index contributed by atoms with van der Waals surface area (Å²) >= 11 is 4.75. The summed E-state index contributed by atoms with van der Waals surface area (Å²) < 4.78 is 14.8. The minimum absolute atomic E-state index is 0.0353. The Bertz CT molecular complexity index is 668. The topological polar surface area (TPSA) is 33.1 Å². The fraction of sp³-hybridized carbons (Fsp3) is 0.400. The van der Waals surface area contributed by atoms with Crippen molar-refractivity contribution in [3.05, 3.63) is 39.1 Å². The summed E-state index contributed by atoms with van der Waals surface area (Å²) in [5.41, 5.74) is 1.44. The molecular formula is C15H15BrFNOS. The maximum atomic E-state index is 14.0. The Labute approximate surface area is 129 Å². The summed E-state index contributed by atoms with van der Waals surface area (Å²) in [6.07, 6.45) is 1.06. The maximum Gasteiger partial charge on any atom is 0.133 e. The molecule has 1 aliphatic rings. The van der Waals surface area contributed by atoms with Crippen molar-refractivity contribution in [2.45, 2.75) is 32.8 Å². The number of hydrogen-bond acceptors (Lipinski definition) is 3. The van der Waals surface area contributed by atoms with Crippen molar-refractivity contribution in [3.63, 3.8) is 0 Å². The Balaban J connectivity index is 2.08. The van der Waals surface area contributed by atoms with Gasteiger partial charge >= 0.3 is 0 Å². The molecule has 106 valence electrons. The van der Waals surface area contributed by atoms with Gasteiger partial charge < -0.3 is 5.11 Å². The first-order chi connectivity index (χ1) is 9.35. The van der Waals surface area contributed by atoms with Gasteiger partial charge in [-0.05, 0) is 36.5 Å². The third-order valence-corrected chi connectivity index (χ3v) is 5.31. The number of aromatic nitrogens is 1. The van der Waals surface area contributed by atoms with Gasteiger partial charge in [-0.3, -0.25) is 0 Å². The molecule has 1 heterocycles. The lowest BCUT2D eigenvalue weighted by molar-refractivity contribution is 0.102. The maximum absolute atomic E-state index is 14.0. The van der Waals surface area contributed by atoms with Gasteiger partial charge in [0.05, 0.1) is 16.7 Å². The largest absolute Gasteiger partial charge is 0.387 e. The van der Waals surface area contributed by atoms with Gasteiger partial charge in [0.25, 0.3) is 0 Å². The SMILES string of the molecule is CC1(C)Cc2nc(-c3cc(Br)ccc3F)sc2C(O)C1. The molecule has 0 saturated carbocycles. The first kappa shape index (κ1) is 14.2. The first-order valence-corrected chi connectivity index (χ1v) is 8.10. The van der Waals surface area contributed by atoms with Gasteiger partial charge in [0, 0.05) is 10.0 Å². The number of aliphatic hydroxyl groups is 1. The van der Waals surface area contributed by atoms with Crippen LogP contribution in [0.2, 0.25) is 0 Å². The number of benzene rings is 1. The van der Waals surface area contributed by atoms with Crippen LogP contribution in [-0.2, 0) is 6.42 Å². The van der Waals surface area contributed by atoms with E-state index in [1.165, 1.54) is 17.4 Å². The van der Waals surface area contributed by atoms with E-state index in [1.807, 2.05) is 0 Å². The fourth-order valence-electron chi connectivity index (χ4n) is 2.67. The second kappa shape index (κ2) is 4.90. The Morgan fingerprint density at radius 1 is 1.45 bits per heavy atom. The van der Waals surface area contributed by atoms with E-state index in [0.717, 1.165) is 27.9 Å². The van der Waals surface area contributed by atoms with Crippen LogP contribution in [0.25, 0.3) is 10.6 Å². The molecule has 0 radical (unpaired) electrons. The number of thiazole rings is 1. The molecule has 2 nitrogen and oxygen atoms in total. The van der Waals surface area contributed by atoms with Gasteiger partial charge in [-0.2, -0.15) is 0 Å². The molecule has 0 spiro atoms. The van der Waals surface area contributed by atoms with Crippen LogP contribution in [0.4, 0.5) is 4.39 Å². The second-order valence-corrected chi connectivity index (χ2v) is 7.96. The number of fused-ring (bicyclic) bond motifs is 1. The summed E-state index contributed by atoms with van der Waals surface area (Å²) in [6.45, 7) is 4.25. The van der Waals surface area contributed by atoms with Crippen LogP contribution in [0.1, 0.15) is 36.9 Å². The molecular weight excluding hydrogens is 341 g/mol. The van der Waals surface area contributed by atoms with Crippen LogP contribution in [-0.4, -0.2) is 10.1 Å². The lowest BCUT2D eigenvalue weighted by Gasteiger charge is -2.31. The number of aliphatic hydroxyl groups excluding tert-OH is 1. The van der Waals surface area contributed by atoms with Crippen molar-refractivity contribution in [3.8, 4) is 10.6 Å². The standard InChI is InChI=1S/C15H15BrFNOS/c1-15(2)6-11-13(12(19)7-15)20-14(18-11)9-5-8(16)3-4-10(9)17/h3-5,12,19H,6-7H2,1-2H3. The highest BCUT2D eigenvalue weighted by Crippen LogP contribution is 2.45. The molecule has 0 amide bonds. The average Bonchev–Trinajstić information content (AvgIpc) is 2.74. The molecule has 1 aliphatic carbocycles. The quantitative estimate of drug-likeness (QED) is 0.802. The Kier molecular flexibility index (Phi) is 3.47. The highest BCUT2D eigenvalue weighted by atomic mass is 79.9. The molecule has 1 unspecified atom stereocenters. The molecule has 0 aliphatic heterocycles. The predicted molar refractivity (Wildman–Crippen MR) is 82.3 cm³/mol. The third-order valence-electron chi connectivity index (χ3n) is 3.58. The number of halogens is 2. The van der Waals surface area contributed by atoms with Crippen LogP contribution in [0.5, 0.6) is 0 Å². The first-order valence-electron chi connectivity index (χ1n) is 6.49. The van der Waals surface area contributed by atoms with E-state index >= 15 is 0 Å². The van der Waals surface area contributed by atoms with E-state index < -0.39 is 6.10 Å². The lowest BCUT2D eigenvalue weighted by Crippen LogP contribution is -2.24. The summed E-state index contributed by atoms with van der Waals surface area (Å²) in [5.74, 6) is -0.284. The lowest BCUT2D eigenvalue weighted by atomic mass is 9.77. The highest BCUT2D eigenvalue weighted by Gasteiger charge is 2.34. The molecule has 2 aromatic rings. The molecule has 1 N–H and O–H groups in total. The van der Waals surface area contributed by atoms with Crippen molar-refractivity contribution >= 4 is 27.3 Å². The van der Waals surface area contributed by atoms with Gasteiger partial charge in [-0.25, -0.2) is 9.37 Å². The van der Waals surface area contributed by atoms with Crippen LogP contribution in [0.15, 0.2) is 22.7 Å². The van der Waals surface area contributed by atoms with Crippen molar-refractivity contribution in [2.24, 2.45) is 5.41 Å². The van der Waals surface area contributed by atoms with Gasteiger partial charge in [0.2, 0.25) is 0 Å².